The number of hydrogen-bond acceptors (Lipinski definition) is 10. The Kier molecular flexibility index (Phi) is 58.5. The minimum Gasteiger partial charge on any atom is -0.466 e. The Morgan fingerprint density at radius 1 is 0.434 bits per heavy atom. The van der Waals surface area contributed by atoms with Gasteiger partial charge in [-0.15, -0.1) is 0 Å². The van der Waals surface area contributed by atoms with E-state index in [0.717, 1.165) is 57.8 Å². The molecule has 7 unspecified atom stereocenters. The average molecular weight is 1170 g/mol. The van der Waals surface area contributed by atoms with E-state index >= 15 is 0 Å². The first-order valence-corrected chi connectivity index (χ1v) is 35.8. The number of rotatable bonds is 63. The molecule has 11 heteroatoms. The fourth-order valence-corrected chi connectivity index (χ4v) is 11.3. The topological polar surface area (TPSA) is 175 Å². The van der Waals surface area contributed by atoms with E-state index in [9.17, 15) is 35.1 Å². The molecular weight excluding hydrogens is 1040 g/mol. The number of hydrogen-bond donors (Lipinski definition) is 6. The molecule has 0 saturated carbocycles. The molecule has 0 aliphatic carbocycles. The van der Waals surface area contributed by atoms with Crippen molar-refractivity contribution in [2.45, 2.75) is 391 Å². The van der Waals surface area contributed by atoms with Crippen LogP contribution >= 0.6 is 0 Å². The molecule has 0 radical (unpaired) electrons. The summed E-state index contributed by atoms with van der Waals surface area (Å²) >= 11 is 0. The van der Waals surface area contributed by atoms with Crippen molar-refractivity contribution in [3.8, 4) is 0 Å². The van der Waals surface area contributed by atoms with Crippen LogP contribution in [0.25, 0.3) is 0 Å². The summed E-state index contributed by atoms with van der Waals surface area (Å²) in [6, 6.07) is -0.807. The van der Waals surface area contributed by atoms with Crippen LogP contribution in [-0.4, -0.2) is 100 Å². The van der Waals surface area contributed by atoms with Crippen LogP contribution in [0.15, 0.2) is 36.5 Å². The molecule has 488 valence electrons. The van der Waals surface area contributed by atoms with E-state index in [1.807, 2.05) is 6.08 Å². The molecular formula is C72H135NO10. The molecule has 1 saturated heterocycles. The van der Waals surface area contributed by atoms with E-state index in [0.29, 0.717) is 19.4 Å². The van der Waals surface area contributed by atoms with E-state index < -0.39 is 49.5 Å². The van der Waals surface area contributed by atoms with E-state index in [2.05, 4.69) is 43.5 Å². The Labute approximate surface area is 511 Å². The number of esters is 1. The van der Waals surface area contributed by atoms with Gasteiger partial charge in [-0.05, 0) is 77.0 Å². The third kappa shape index (κ3) is 50.6. The van der Waals surface area contributed by atoms with Crippen molar-refractivity contribution < 1.29 is 49.3 Å². The Morgan fingerprint density at radius 2 is 0.783 bits per heavy atom. The lowest BCUT2D eigenvalue weighted by molar-refractivity contribution is -0.302. The highest BCUT2D eigenvalue weighted by atomic mass is 16.7. The molecule has 0 aromatic heterocycles. The summed E-state index contributed by atoms with van der Waals surface area (Å²) in [4.78, 5) is 25.1. The normalized spacial score (nSPS) is 18.3. The highest BCUT2D eigenvalue weighted by Gasteiger charge is 2.44. The van der Waals surface area contributed by atoms with Gasteiger partial charge < -0.3 is 45.1 Å². The van der Waals surface area contributed by atoms with Crippen molar-refractivity contribution in [2.24, 2.45) is 0 Å². The molecule has 1 aliphatic rings. The van der Waals surface area contributed by atoms with Crippen molar-refractivity contribution >= 4 is 11.9 Å². The number of ether oxygens (including phenoxy) is 3. The number of amides is 1. The Hall–Kier alpha value is -2.12. The Balaban J connectivity index is 1.95. The molecule has 6 N–H and O–H groups in total. The maximum Gasteiger partial charge on any atom is 0.305 e. The molecule has 1 amide bonds. The predicted molar refractivity (Wildman–Crippen MR) is 347 cm³/mol. The van der Waals surface area contributed by atoms with Gasteiger partial charge in [-0.2, -0.15) is 0 Å². The van der Waals surface area contributed by atoms with Crippen LogP contribution in [0.1, 0.15) is 348 Å². The minimum absolute atomic E-state index is 0.000349. The molecule has 0 aromatic carbocycles. The quantitative estimate of drug-likeness (QED) is 0.0195. The first-order valence-electron chi connectivity index (χ1n) is 35.8. The van der Waals surface area contributed by atoms with Gasteiger partial charge in [0.2, 0.25) is 5.91 Å². The van der Waals surface area contributed by atoms with Crippen LogP contribution in [0.4, 0.5) is 0 Å². The number of aliphatic hydroxyl groups excluding tert-OH is 5. The van der Waals surface area contributed by atoms with Gasteiger partial charge in [0.15, 0.2) is 6.29 Å². The molecule has 0 bridgehead atoms. The van der Waals surface area contributed by atoms with Crippen molar-refractivity contribution in [2.75, 3.05) is 19.8 Å². The summed E-state index contributed by atoms with van der Waals surface area (Å²) in [6.45, 7) is 4.33. The van der Waals surface area contributed by atoms with Crippen LogP contribution in [0, 0.1) is 0 Å². The summed E-state index contributed by atoms with van der Waals surface area (Å²) in [5, 5.41) is 54.5. The summed E-state index contributed by atoms with van der Waals surface area (Å²) < 4.78 is 16.7. The zero-order valence-corrected chi connectivity index (χ0v) is 54.2. The zero-order chi connectivity index (χ0) is 60.2. The zero-order valence-electron chi connectivity index (χ0n) is 54.2. The smallest absolute Gasteiger partial charge is 0.305 e. The largest absolute Gasteiger partial charge is 0.466 e. The number of allylic oxidation sites excluding steroid dienone is 5. The SMILES string of the molecule is CCCC/C=C\CCCCCCCC(=O)OCCCCCCCCCCCCCC/C=C\CCCCCCCCCCCCCCCCCCC(=O)NC(COC1OC(CO)C(O)C(O)C1O)C(O)/C=C/CCCCCCCCCCCC. The molecule has 0 aromatic rings. The van der Waals surface area contributed by atoms with Crippen LogP contribution in [0.5, 0.6) is 0 Å². The Bertz CT molecular complexity index is 1470. The highest BCUT2D eigenvalue weighted by Crippen LogP contribution is 2.23. The van der Waals surface area contributed by atoms with Gasteiger partial charge in [0.25, 0.3) is 0 Å². The lowest BCUT2D eigenvalue weighted by Crippen LogP contribution is -2.60. The monoisotopic (exact) mass is 1170 g/mol. The third-order valence-corrected chi connectivity index (χ3v) is 17.0. The fourth-order valence-electron chi connectivity index (χ4n) is 11.3. The second-order valence-electron chi connectivity index (χ2n) is 24.9. The standard InChI is InChI=1S/C72H135NO10/c1-3-5-7-9-11-13-15-39-42-46-50-54-58-65(75)64(63-82-72-71(80)70(79)69(78)66(62-74)83-72)73-67(76)59-55-51-47-43-40-36-34-32-30-28-26-24-22-20-18-16-17-19-21-23-25-27-29-31-33-35-37-41-45-49-53-57-61-81-68(77)60-56-52-48-44-38-14-12-10-8-6-4-2/h10,12,19,21,54,58,64-66,69-72,74-75,78-80H,3-9,11,13-18,20,22-53,55-57,59-63H2,1-2H3,(H,73,76)/b12-10-,21-19-,58-54+. The lowest BCUT2D eigenvalue weighted by atomic mass is 9.99. The first kappa shape index (κ1) is 78.9. The predicted octanol–water partition coefficient (Wildman–Crippen LogP) is 18.2. The van der Waals surface area contributed by atoms with Gasteiger partial charge in [0.05, 0.1) is 32.0 Å². The van der Waals surface area contributed by atoms with Gasteiger partial charge in [-0.25, -0.2) is 0 Å². The molecule has 1 rings (SSSR count). The third-order valence-electron chi connectivity index (χ3n) is 17.0. The van der Waals surface area contributed by atoms with Crippen molar-refractivity contribution in [1.29, 1.82) is 0 Å². The first-order chi connectivity index (χ1) is 40.7. The van der Waals surface area contributed by atoms with Crippen LogP contribution in [-0.2, 0) is 23.8 Å². The number of carbonyl (C=O) groups excluding carboxylic acids is 2. The minimum atomic E-state index is -1.57. The molecule has 1 fully saturated rings. The molecule has 1 aliphatic heterocycles. The Morgan fingerprint density at radius 3 is 1.19 bits per heavy atom. The van der Waals surface area contributed by atoms with Crippen molar-refractivity contribution in [1.82, 2.24) is 5.32 Å². The van der Waals surface area contributed by atoms with Crippen LogP contribution in [0.3, 0.4) is 0 Å². The summed E-state index contributed by atoms with van der Waals surface area (Å²) in [5.74, 6) is -0.178. The molecule has 7 atom stereocenters. The van der Waals surface area contributed by atoms with E-state index in [-0.39, 0.29) is 18.5 Å². The highest BCUT2D eigenvalue weighted by molar-refractivity contribution is 5.76. The van der Waals surface area contributed by atoms with Gasteiger partial charge >= 0.3 is 5.97 Å². The second kappa shape index (κ2) is 61.5. The number of nitrogens with one attached hydrogen (secondary N) is 1. The summed E-state index contributed by atoms with van der Waals surface area (Å²) in [6.07, 6.45) is 68.6. The lowest BCUT2D eigenvalue weighted by Gasteiger charge is -2.40. The molecule has 1 heterocycles. The fraction of sp³-hybridized carbons (Fsp3) is 0.889. The van der Waals surface area contributed by atoms with E-state index in [1.165, 1.54) is 263 Å². The van der Waals surface area contributed by atoms with Gasteiger partial charge in [-0.1, -0.05) is 294 Å². The van der Waals surface area contributed by atoms with Gasteiger partial charge in [0.1, 0.15) is 24.4 Å². The number of aliphatic hydroxyl groups is 5. The number of unbranched alkanes of at least 4 members (excludes halogenated alkanes) is 45. The molecule has 11 nitrogen and oxygen atoms in total. The maximum atomic E-state index is 13.1. The van der Waals surface area contributed by atoms with E-state index in [1.54, 1.807) is 6.08 Å². The number of carbonyl (C=O) groups is 2. The van der Waals surface area contributed by atoms with Crippen molar-refractivity contribution in [3.63, 3.8) is 0 Å². The van der Waals surface area contributed by atoms with Crippen molar-refractivity contribution in [3.05, 3.63) is 36.5 Å². The second-order valence-corrected chi connectivity index (χ2v) is 24.9. The van der Waals surface area contributed by atoms with E-state index in [4.69, 9.17) is 14.2 Å². The average Bonchev–Trinajstić information content (AvgIpc) is 3.69. The van der Waals surface area contributed by atoms with Crippen LogP contribution < -0.4 is 5.32 Å². The maximum absolute atomic E-state index is 13.1. The summed E-state index contributed by atoms with van der Waals surface area (Å²) in [7, 11) is 0. The summed E-state index contributed by atoms with van der Waals surface area (Å²) in [5.41, 5.74) is 0. The van der Waals surface area contributed by atoms with Gasteiger partial charge in [0, 0.05) is 12.8 Å². The molecule has 83 heavy (non-hydrogen) atoms. The van der Waals surface area contributed by atoms with Crippen LogP contribution in [0.2, 0.25) is 0 Å². The molecule has 0 spiro atoms. The van der Waals surface area contributed by atoms with Gasteiger partial charge in [-0.3, -0.25) is 9.59 Å².